The van der Waals surface area contributed by atoms with Gasteiger partial charge in [0.25, 0.3) is 0 Å². The number of hydrogen-bond acceptors (Lipinski definition) is 8. The summed E-state index contributed by atoms with van der Waals surface area (Å²) in [6, 6.07) is 4.42. The number of phenolic OH excluding ortho intramolecular Hbond substituents is 1. The van der Waals surface area contributed by atoms with Crippen molar-refractivity contribution in [3.63, 3.8) is 0 Å². The fourth-order valence-corrected chi connectivity index (χ4v) is 3.05. The summed E-state index contributed by atoms with van der Waals surface area (Å²) in [6.45, 7) is 3.71. The van der Waals surface area contributed by atoms with Gasteiger partial charge in [0.2, 0.25) is 17.7 Å². The summed E-state index contributed by atoms with van der Waals surface area (Å²) in [6.07, 6.45) is 2.10. The highest BCUT2D eigenvalue weighted by molar-refractivity contribution is 5.92. The normalized spacial score (nSPS) is 10.3. The van der Waals surface area contributed by atoms with Crippen molar-refractivity contribution in [1.82, 2.24) is 21.3 Å². The molecule has 0 atom stereocenters. The fraction of sp³-hybridized carbons (Fsp3) is 0.542. The lowest BCUT2D eigenvalue weighted by Gasteiger charge is -2.09. The van der Waals surface area contributed by atoms with Gasteiger partial charge in [0.15, 0.2) is 0 Å². The zero-order valence-electron chi connectivity index (χ0n) is 20.4. The van der Waals surface area contributed by atoms with E-state index in [4.69, 9.17) is 0 Å². The summed E-state index contributed by atoms with van der Waals surface area (Å²) >= 11 is 0. The maximum atomic E-state index is 12.0. The maximum absolute atomic E-state index is 12.0. The number of carbonyl (C=O) groups excluding carboxylic acids is 5. The molecule has 0 saturated carbocycles. The van der Waals surface area contributed by atoms with Crippen molar-refractivity contribution in [3.8, 4) is 5.75 Å². The molecule has 1 aromatic rings. The van der Waals surface area contributed by atoms with E-state index in [1.807, 2.05) is 0 Å². The minimum atomic E-state index is -0.644. The van der Waals surface area contributed by atoms with Crippen molar-refractivity contribution >= 4 is 29.5 Å². The number of esters is 1. The predicted octanol–water partition coefficient (Wildman–Crippen LogP) is 0.547. The molecule has 0 radical (unpaired) electrons. The molecule has 0 aliphatic carbocycles. The third kappa shape index (κ3) is 13.7. The molecular weight excluding hydrogens is 456 g/mol. The first kappa shape index (κ1) is 29.6. The van der Waals surface area contributed by atoms with E-state index in [0.29, 0.717) is 57.4 Å². The molecule has 0 aliphatic heterocycles. The first-order valence-corrected chi connectivity index (χ1v) is 11.6. The van der Waals surface area contributed by atoms with Crippen LogP contribution in [0.3, 0.4) is 0 Å². The van der Waals surface area contributed by atoms with Crippen molar-refractivity contribution in [1.29, 1.82) is 0 Å². The minimum absolute atomic E-state index is 0.0491. The Bertz CT molecular complexity index is 873. The molecule has 0 fully saturated rings. The van der Waals surface area contributed by atoms with E-state index in [1.165, 1.54) is 26.2 Å². The zero-order chi connectivity index (χ0) is 26.1. The average molecular weight is 493 g/mol. The molecule has 35 heavy (non-hydrogen) atoms. The van der Waals surface area contributed by atoms with Crippen LogP contribution in [0, 0.1) is 0 Å². The molecule has 0 aliphatic rings. The fourth-order valence-electron chi connectivity index (χ4n) is 3.05. The molecule has 11 nitrogen and oxygen atoms in total. The third-order valence-corrected chi connectivity index (χ3v) is 4.95. The average Bonchev–Trinajstić information content (AvgIpc) is 2.81. The molecule has 0 unspecified atom stereocenters. The largest absolute Gasteiger partial charge is 0.507 e. The molecule has 0 spiro atoms. The van der Waals surface area contributed by atoms with Gasteiger partial charge in [0.05, 0.1) is 7.11 Å². The lowest BCUT2D eigenvalue weighted by atomic mass is 10.1. The van der Waals surface area contributed by atoms with Gasteiger partial charge in [-0.1, -0.05) is 6.07 Å². The van der Waals surface area contributed by atoms with Crippen molar-refractivity contribution in [2.45, 2.75) is 52.0 Å². The lowest BCUT2D eigenvalue weighted by Crippen LogP contribution is -2.36. The Morgan fingerprint density at radius 2 is 1.34 bits per heavy atom. The van der Waals surface area contributed by atoms with E-state index in [0.717, 1.165) is 0 Å². The SMILES string of the molecule is COC(=O)c1ccc(CNC(=O)CCCC(=O)NCCNCCNC(=O)CCCC(C)=O)cc1O. The van der Waals surface area contributed by atoms with Crippen LogP contribution in [-0.2, 0) is 30.5 Å². The number of methoxy groups -OCH3 is 1. The van der Waals surface area contributed by atoms with Crippen LogP contribution in [-0.4, -0.2) is 67.9 Å². The van der Waals surface area contributed by atoms with E-state index in [2.05, 4.69) is 26.0 Å². The van der Waals surface area contributed by atoms with Crippen molar-refractivity contribution in [2.75, 3.05) is 33.3 Å². The number of phenols is 1. The second kappa shape index (κ2) is 17.0. The van der Waals surface area contributed by atoms with Gasteiger partial charge in [-0.15, -0.1) is 0 Å². The molecule has 0 bridgehead atoms. The molecular formula is C24H36N4O7. The van der Waals surface area contributed by atoms with Crippen LogP contribution in [0.1, 0.15) is 61.4 Å². The molecule has 1 aromatic carbocycles. The lowest BCUT2D eigenvalue weighted by molar-refractivity contribution is -0.123. The van der Waals surface area contributed by atoms with Gasteiger partial charge in [-0.25, -0.2) is 4.79 Å². The van der Waals surface area contributed by atoms with Gasteiger partial charge in [-0.2, -0.15) is 0 Å². The van der Waals surface area contributed by atoms with E-state index in [-0.39, 0.29) is 54.2 Å². The van der Waals surface area contributed by atoms with Crippen LogP contribution in [0.15, 0.2) is 18.2 Å². The van der Waals surface area contributed by atoms with Crippen LogP contribution in [0.4, 0.5) is 0 Å². The molecule has 0 saturated heterocycles. The standard InChI is InChI=1S/C24H36N4O7/c1-17(29)5-3-6-21(31)26-13-11-25-12-14-27-22(32)7-4-8-23(33)28-16-18-9-10-19(20(30)15-18)24(34)35-2/h9-10,15,25,30H,3-8,11-14,16H2,1-2H3,(H,26,31)(H,27,32)(H,28,33). The number of nitrogens with one attached hydrogen (secondary N) is 4. The number of ether oxygens (including phenoxy) is 1. The quantitative estimate of drug-likeness (QED) is 0.155. The van der Waals surface area contributed by atoms with Gasteiger partial charge in [0, 0.05) is 58.4 Å². The number of aromatic hydroxyl groups is 1. The second-order valence-electron chi connectivity index (χ2n) is 7.98. The maximum Gasteiger partial charge on any atom is 0.341 e. The summed E-state index contributed by atoms with van der Waals surface area (Å²) in [7, 11) is 1.22. The highest BCUT2D eigenvalue weighted by atomic mass is 16.5. The molecule has 3 amide bonds. The van der Waals surface area contributed by atoms with Crippen molar-refractivity contribution in [2.24, 2.45) is 0 Å². The van der Waals surface area contributed by atoms with Gasteiger partial charge in [-0.05, 0) is 37.5 Å². The van der Waals surface area contributed by atoms with Crippen LogP contribution in [0.25, 0.3) is 0 Å². The smallest absolute Gasteiger partial charge is 0.341 e. The van der Waals surface area contributed by atoms with Gasteiger partial charge < -0.3 is 35.9 Å². The third-order valence-electron chi connectivity index (χ3n) is 4.95. The number of amides is 3. The Hall–Kier alpha value is -3.47. The summed E-state index contributed by atoms with van der Waals surface area (Å²) in [5.41, 5.74) is 0.675. The zero-order valence-corrected chi connectivity index (χ0v) is 20.4. The van der Waals surface area contributed by atoms with Crippen molar-refractivity contribution in [3.05, 3.63) is 29.3 Å². The molecule has 11 heteroatoms. The number of rotatable bonds is 17. The summed E-state index contributed by atoms with van der Waals surface area (Å²) < 4.78 is 4.56. The highest BCUT2D eigenvalue weighted by Crippen LogP contribution is 2.19. The molecule has 0 heterocycles. The Balaban J connectivity index is 2.06. The van der Waals surface area contributed by atoms with E-state index < -0.39 is 5.97 Å². The van der Waals surface area contributed by atoms with E-state index in [1.54, 1.807) is 6.07 Å². The van der Waals surface area contributed by atoms with Crippen LogP contribution < -0.4 is 21.3 Å². The molecule has 5 N–H and O–H groups in total. The van der Waals surface area contributed by atoms with Gasteiger partial charge in [-0.3, -0.25) is 14.4 Å². The first-order chi connectivity index (χ1) is 16.7. The van der Waals surface area contributed by atoms with E-state index in [9.17, 15) is 29.1 Å². The predicted molar refractivity (Wildman–Crippen MR) is 129 cm³/mol. The monoisotopic (exact) mass is 492 g/mol. The number of Topliss-reactive ketones (excluding diaryl/α,β-unsaturated/α-hetero) is 1. The Labute approximate surface area is 205 Å². The highest BCUT2D eigenvalue weighted by Gasteiger charge is 2.12. The summed E-state index contributed by atoms with van der Waals surface area (Å²) in [5, 5.41) is 21.2. The van der Waals surface area contributed by atoms with E-state index >= 15 is 0 Å². The van der Waals surface area contributed by atoms with Gasteiger partial charge >= 0.3 is 5.97 Å². The van der Waals surface area contributed by atoms with Crippen molar-refractivity contribution < 1.29 is 33.8 Å². The Morgan fingerprint density at radius 3 is 1.86 bits per heavy atom. The topological polar surface area (TPSA) is 163 Å². The molecule has 0 aromatic heterocycles. The number of hydrogen-bond donors (Lipinski definition) is 5. The number of carbonyl (C=O) groups is 5. The Kier molecular flexibility index (Phi) is 14.4. The van der Waals surface area contributed by atoms with Gasteiger partial charge in [0.1, 0.15) is 17.1 Å². The summed E-state index contributed by atoms with van der Waals surface area (Å²) in [4.78, 5) is 57.7. The molecule has 194 valence electrons. The first-order valence-electron chi connectivity index (χ1n) is 11.6. The van der Waals surface area contributed by atoms with Crippen LogP contribution in [0.2, 0.25) is 0 Å². The van der Waals surface area contributed by atoms with Crippen LogP contribution >= 0.6 is 0 Å². The van der Waals surface area contributed by atoms with Crippen LogP contribution in [0.5, 0.6) is 5.75 Å². The second-order valence-corrected chi connectivity index (χ2v) is 7.98. The number of benzene rings is 1. The summed E-state index contributed by atoms with van der Waals surface area (Å²) in [5.74, 6) is -1.25. The number of ketones is 1. The molecule has 1 rings (SSSR count). The Morgan fingerprint density at radius 1 is 0.800 bits per heavy atom. The minimum Gasteiger partial charge on any atom is -0.507 e.